The third kappa shape index (κ3) is 3.47. The molecule has 5 heteroatoms. The second kappa shape index (κ2) is 7.53. The van der Waals surface area contributed by atoms with E-state index in [9.17, 15) is 4.79 Å². The zero-order valence-corrected chi connectivity index (χ0v) is 16.3. The van der Waals surface area contributed by atoms with Crippen LogP contribution in [0.25, 0.3) is 21.8 Å². The molecule has 1 aromatic heterocycles. The highest BCUT2D eigenvalue weighted by Gasteiger charge is 2.31. The highest BCUT2D eigenvalue weighted by Crippen LogP contribution is 2.38. The van der Waals surface area contributed by atoms with Crippen molar-refractivity contribution in [2.24, 2.45) is 0 Å². The largest absolute Gasteiger partial charge is 0.479 e. The summed E-state index contributed by atoms with van der Waals surface area (Å²) in [6, 6.07) is 16.2. The topological polar surface area (TPSA) is 42.4 Å². The fraction of sp³-hybridized carbons (Fsp3) is 0.273. The number of ether oxygens (including phenoxy) is 1. The molecule has 2 aromatic carbocycles. The van der Waals surface area contributed by atoms with Gasteiger partial charge in [0.1, 0.15) is 10.8 Å². The lowest BCUT2D eigenvalue weighted by atomic mass is 10.1. The van der Waals surface area contributed by atoms with Gasteiger partial charge >= 0.3 is 0 Å². The summed E-state index contributed by atoms with van der Waals surface area (Å²) in [5.41, 5.74) is 3.88. The number of nitrogens with zero attached hydrogens (tertiary/aromatic N) is 2. The summed E-state index contributed by atoms with van der Waals surface area (Å²) in [7, 11) is 0. The van der Waals surface area contributed by atoms with E-state index in [1.54, 1.807) is 11.3 Å². The van der Waals surface area contributed by atoms with Gasteiger partial charge in [0, 0.05) is 23.1 Å². The van der Waals surface area contributed by atoms with Crippen LogP contribution in [0.15, 0.2) is 53.9 Å². The molecular formula is C22H22N2O2S. The van der Waals surface area contributed by atoms with Gasteiger partial charge in [0.2, 0.25) is 0 Å². The van der Waals surface area contributed by atoms with Crippen molar-refractivity contribution in [1.82, 2.24) is 4.98 Å². The standard InChI is InChI=1S/C22H22N2O2S/c1-3-4-12-24-19-13-17(10-11-20(19)26-15(2)22(24)25)18-14-27-21(23-18)16-8-6-5-7-9-16/h5-11,13-15H,3-4,12H2,1-2H3. The normalized spacial score (nSPS) is 16.1. The number of unbranched alkanes of at least 4 members (excludes halogenated alkanes) is 1. The summed E-state index contributed by atoms with van der Waals surface area (Å²) in [5.74, 6) is 0.789. The number of aromatic nitrogens is 1. The van der Waals surface area contributed by atoms with Gasteiger partial charge in [-0.25, -0.2) is 4.98 Å². The van der Waals surface area contributed by atoms with E-state index < -0.39 is 6.10 Å². The highest BCUT2D eigenvalue weighted by molar-refractivity contribution is 7.13. The van der Waals surface area contributed by atoms with Crippen LogP contribution in [0.1, 0.15) is 26.7 Å². The molecule has 1 aliphatic rings. The molecule has 0 spiro atoms. The lowest BCUT2D eigenvalue weighted by Gasteiger charge is -2.33. The van der Waals surface area contributed by atoms with Crippen LogP contribution in [-0.2, 0) is 4.79 Å². The van der Waals surface area contributed by atoms with Gasteiger partial charge in [0.05, 0.1) is 11.4 Å². The highest BCUT2D eigenvalue weighted by atomic mass is 32.1. The Bertz CT molecular complexity index is 952. The first kappa shape index (κ1) is 17.7. The molecule has 4 rings (SSSR count). The zero-order valence-electron chi connectivity index (χ0n) is 15.5. The van der Waals surface area contributed by atoms with Gasteiger partial charge in [-0.1, -0.05) is 43.7 Å². The second-order valence-corrected chi connectivity index (χ2v) is 7.55. The number of amides is 1. The number of carbonyl (C=O) groups is 1. The summed E-state index contributed by atoms with van der Waals surface area (Å²) in [5, 5.41) is 3.06. The maximum Gasteiger partial charge on any atom is 0.267 e. The third-order valence-corrected chi connectivity index (χ3v) is 5.61. The minimum absolute atomic E-state index is 0.0244. The summed E-state index contributed by atoms with van der Waals surface area (Å²) in [4.78, 5) is 19.3. The van der Waals surface area contributed by atoms with Crippen molar-refractivity contribution in [3.8, 4) is 27.6 Å². The molecule has 27 heavy (non-hydrogen) atoms. The molecule has 0 fully saturated rings. The first-order valence-corrected chi connectivity index (χ1v) is 10.2. The van der Waals surface area contributed by atoms with Crippen molar-refractivity contribution >= 4 is 22.9 Å². The number of benzene rings is 2. The number of rotatable bonds is 5. The molecule has 1 atom stereocenters. The smallest absolute Gasteiger partial charge is 0.267 e. The Morgan fingerprint density at radius 3 is 2.74 bits per heavy atom. The Balaban J connectivity index is 1.69. The van der Waals surface area contributed by atoms with E-state index in [0.29, 0.717) is 6.54 Å². The molecule has 138 valence electrons. The number of hydrogen-bond donors (Lipinski definition) is 0. The molecule has 0 N–H and O–H groups in total. The Kier molecular flexibility index (Phi) is 4.94. The molecule has 0 saturated carbocycles. The van der Waals surface area contributed by atoms with Crippen molar-refractivity contribution in [1.29, 1.82) is 0 Å². The minimum Gasteiger partial charge on any atom is -0.479 e. The van der Waals surface area contributed by atoms with Crippen molar-refractivity contribution < 1.29 is 9.53 Å². The quantitative estimate of drug-likeness (QED) is 0.598. The molecule has 0 bridgehead atoms. The van der Waals surface area contributed by atoms with Crippen molar-refractivity contribution in [3.05, 3.63) is 53.9 Å². The van der Waals surface area contributed by atoms with E-state index in [4.69, 9.17) is 9.72 Å². The van der Waals surface area contributed by atoms with E-state index in [2.05, 4.69) is 24.4 Å². The molecule has 0 saturated heterocycles. The number of fused-ring (bicyclic) bond motifs is 1. The first-order valence-electron chi connectivity index (χ1n) is 9.30. The number of anilines is 1. The van der Waals surface area contributed by atoms with Gasteiger partial charge in [-0.2, -0.15) is 0 Å². The fourth-order valence-corrected chi connectivity index (χ4v) is 4.07. The van der Waals surface area contributed by atoms with Crippen LogP contribution in [-0.4, -0.2) is 23.5 Å². The van der Waals surface area contributed by atoms with Gasteiger partial charge in [0.15, 0.2) is 6.10 Å². The van der Waals surface area contributed by atoms with Crippen LogP contribution in [0.3, 0.4) is 0 Å². The maximum absolute atomic E-state index is 12.6. The van der Waals surface area contributed by atoms with E-state index in [-0.39, 0.29) is 5.91 Å². The predicted molar refractivity (Wildman–Crippen MR) is 110 cm³/mol. The van der Waals surface area contributed by atoms with Crippen LogP contribution in [0, 0.1) is 0 Å². The monoisotopic (exact) mass is 378 g/mol. The second-order valence-electron chi connectivity index (χ2n) is 6.69. The fourth-order valence-electron chi connectivity index (χ4n) is 3.23. The van der Waals surface area contributed by atoms with Gasteiger partial charge in [0.25, 0.3) is 5.91 Å². The molecule has 1 aliphatic heterocycles. The Morgan fingerprint density at radius 2 is 1.96 bits per heavy atom. The number of hydrogen-bond acceptors (Lipinski definition) is 4. The lowest BCUT2D eigenvalue weighted by Crippen LogP contribution is -2.44. The summed E-state index contributed by atoms with van der Waals surface area (Å²) >= 11 is 1.63. The zero-order chi connectivity index (χ0) is 18.8. The number of carbonyl (C=O) groups excluding carboxylic acids is 1. The lowest BCUT2D eigenvalue weighted by molar-refractivity contribution is -0.125. The van der Waals surface area contributed by atoms with Crippen molar-refractivity contribution in [2.45, 2.75) is 32.8 Å². The molecule has 1 amide bonds. The minimum atomic E-state index is -0.441. The van der Waals surface area contributed by atoms with Crippen LogP contribution < -0.4 is 9.64 Å². The van der Waals surface area contributed by atoms with Crippen LogP contribution in [0.2, 0.25) is 0 Å². The van der Waals surface area contributed by atoms with Crippen LogP contribution in [0.5, 0.6) is 5.75 Å². The summed E-state index contributed by atoms with van der Waals surface area (Å²) in [6.45, 7) is 4.66. The molecule has 0 aliphatic carbocycles. The molecule has 0 radical (unpaired) electrons. The summed E-state index contributed by atoms with van der Waals surface area (Å²) in [6.07, 6.45) is 1.57. The average molecular weight is 378 g/mol. The Hall–Kier alpha value is -2.66. The molecule has 2 heterocycles. The van der Waals surface area contributed by atoms with Crippen molar-refractivity contribution in [3.63, 3.8) is 0 Å². The van der Waals surface area contributed by atoms with Gasteiger partial charge in [-0.15, -0.1) is 11.3 Å². The molecular weight excluding hydrogens is 356 g/mol. The summed E-state index contributed by atoms with van der Waals surface area (Å²) < 4.78 is 5.81. The number of thiazole rings is 1. The maximum atomic E-state index is 12.6. The van der Waals surface area contributed by atoms with Gasteiger partial charge in [-0.05, 0) is 31.5 Å². The van der Waals surface area contributed by atoms with E-state index in [1.807, 2.05) is 48.2 Å². The van der Waals surface area contributed by atoms with Crippen LogP contribution in [0.4, 0.5) is 5.69 Å². The van der Waals surface area contributed by atoms with Gasteiger partial charge < -0.3 is 9.64 Å². The predicted octanol–water partition coefficient (Wildman–Crippen LogP) is 5.39. The van der Waals surface area contributed by atoms with E-state index in [0.717, 1.165) is 46.1 Å². The SMILES string of the molecule is CCCCN1C(=O)C(C)Oc2ccc(-c3csc(-c4ccccc4)n3)cc21. The Morgan fingerprint density at radius 1 is 1.15 bits per heavy atom. The first-order chi connectivity index (χ1) is 13.2. The molecule has 3 aromatic rings. The Labute approximate surface area is 163 Å². The average Bonchev–Trinajstić information content (AvgIpc) is 3.19. The van der Waals surface area contributed by atoms with E-state index in [1.165, 1.54) is 0 Å². The van der Waals surface area contributed by atoms with Gasteiger partial charge in [-0.3, -0.25) is 4.79 Å². The third-order valence-electron chi connectivity index (χ3n) is 4.72. The molecule has 4 nitrogen and oxygen atoms in total. The molecule has 1 unspecified atom stereocenters. The van der Waals surface area contributed by atoms with Crippen LogP contribution >= 0.6 is 11.3 Å². The van der Waals surface area contributed by atoms with E-state index >= 15 is 0 Å². The van der Waals surface area contributed by atoms with Crippen molar-refractivity contribution in [2.75, 3.05) is 11.4 Å².